The van der Waals surface area contributed by atoms with Gasteiger partial charge in [-0.3, -0.25) is 4.79 Å². The van der Waals surface area contributed by atoms with Gasteiger partial charge >= 0.3 is 5.97 Å². The monoisotopic (exact) mass is 280 g/mol. The van der Waals surface area contributed by atoms with Crippen molar-refractivity contribution < 1.29 is 14.3 Å². The van der Waals surface area contributed by atoms with Crippen LogP contribution in [0.15, 0.2) is 24.3 Å². The first kappa shape index (κ1) is 17.0. The van der Waals surface area contributed by atoms with E-state index >= 15 is 0 Å². The minimum atomic E-state index is -0.284. The molecule has 1 aliphatic heterocycles. The highest BCUT2D eigenvalue weighted by Crippen LogP contribution is 2.15. The predicted octanol–water partition coefficient (Wildman–Crippen LogP) is 4.53. The Morgan fingerprint density at radius 3 is 2.80 bits per heavy atom. The van der Waals surface area contributed by atoms with Crippen molar-refractivity contribution in [1.82, 2.24) is 0 Å². The Morgan fingerprint density at radius 1 is 1.20 bits per heavy atom. The Bertz CT molecular complexity index is 301. The smallest absolute Gasteiger partial charge is 0.308 e. The zero-order chi connectivity index (χ0) is 14.5. The van der Waals surface area contributed by atoms with E-state index in [0.29, 0.717) is 6.42 Å². The largest absolute Gasteiger partial charge is 0.436 e. The molecule has 1 unspecified atom stereocenters. The lowest BCUT2D eigenvalue weighted by Gasteiger charge is -2.22. The van der Waals surface area contributed by atoms with Gasteiger partial charge in [-0.15, -0.1) is 0 Å². The Labute approximate surface area is 123 Å². The molecule has 0 N–H and O–H groups in total. The number of unbranched alkanes of at least 4 members (excludes halogenated alkanes) is 4. The molecule has 0 amide bonds. The molecule has 1 aliphatic rings. The van der Waals surface area contributed by atoms with Crippen molar-refractivity contribution in [3.8, 4) is 0 Å². The van der Waals surface area contributed by atoms with Gasteiger partial charge in [0.1, 0.15) is 0 Å². The van der Waals surface area contributed by atoms with Gasteiger partial charge in [0.15, 0.2) is 0 Å². The average molecular weight is 280 g/mol. The van der Waals surface area contributed by atoms with E-state index in [0.717, 1.165) is 45.1 Å². The molecule has 0 aromatic rings. The van der Waals surface area contributed by atoms with Crippen LogP contribution < -0.4 is 0 Å². The number of hydrogen-bond donors (Lipinski definition) is 0. The molecule has 3 heteroatoms. The van der Waals surface area contributed by atoms with E-state index in [1.165, 1.54) is 12.8 Å². The molecule has 0 radical (unpaired) electrons. The second kappa shape index (κ2) is 11.7. The minimum Gasteiger partial charge on any atom is -0.436 e. The van der Waals surface area contributed by atoms with Crippen LogP contribution in [-0.2, 0) is 14.3 Å². The van der Waals surface area contributed by atoms with Gasteiger partial charge < -0.3 is 9.47 Å². The fourth-order valence-electron chi connectivity index (χ4n) is 2.18. The summed E-state index contributed by atoms with van der Waals surface area (Å²) in [5.41, 5.74) is 0. The molecule has 0 aliphatic carbocycles. The first-order valence-corrected chi connectivity index (χ1v) is 7.92. The summed E-state index contributed by atoms with van der Waals surface area (Å²) in [7, 11) is 0. The number of ether oxygens (including phenoxy) is 2. The van der Waals surface area contributed by atoms with Crippen LogP contribution in [0, 0.1) is 0 Å². The molecule has 0 aromatic heterocycles. The summed E-state index contributed by atoms with van der Waals surface area (Å²) in [5, 5.41) is 0. The molecule has 20 heavy (non-hydrogen) atoms. The van der Waals surface area contributed by atoms with Crippen molar-refractivity contribution >= 4 is 5.97 Å². The van der Waals surface area contributed by atoms with Gasteiger partial charge in [-0.1, -0.05) is 37.1 Å². The van der Waals surface area contributed by atoms with E-state index in [1.807, 2.05) is 19.1 Å². The van der Waals surface area contributed by atoms with Crippen molar-refractivity contribution in [1.29, 1.82) is 0 Å². The molecule has 114 valence electrons. The van der Waals surface area contributed by atoms with Crippen molar-refractivity contribution in [2.45, 2.75) is 71.0 Å². The number of carbonyl (C=O) groups excluding carboxylic acids is 1. The standard InChI is InChI=1S/C17H28O3/c1-2-3-4-5-6-7-8-9-10-13-16(18)20-17-14-11-12-15-19-17/h2-5,17H,6-15H2,1H3/b3-2-,5-4-. The molecule has 1 atom stereocenters. The number of allylic oxidation sites excluding steroid dienone is 4. The van der Waals surface area contributed by atoms with Crippen molar-refractivity contribution in [2.75, 3.05) is 6.61 Å². The van der Waals surface area contributed by atoms with Crippen molar-refractivity contribution in [3.05, 3.63) is 24.3 Å². The van der Waals surface area contributed by atoms with E-state index in [4.69, 9.17) is 9.47 Å². The quantitative estimate of drug-likeness (QED) is 0.353. The first-order valence-electron chi connectivity index (χ1n) is 7.92. The van der Waals surface area contributed by atoms with Crippen LogP contribution in [0.2, 0.25) is 0 Å². The SMILES string of the molecule is C/C=C\C=C/CCCCCCC(=O)OC1CCCCO1. The van der Waals surface area contributed by atoms with Gasteiger partial charge in [-0.05, 0) is 39.0 Å². The fourth-order valence-corrected chi connectivity index (χ4v) is 2.18. The average Bonchev–Trinajstić information content (AvgIpc) is 2.46. The third-order valence-electron chi connectivity index (χ3n) is 3.34. The molecular weight excluding hydrogens is 252 g/mol. The summed E-state index contributed by atoms with van der Waals surface area (Å²) in [6.45, 7) is 2.74. The Morgan fingerprint density at radius 2 is 2.05 bits per heavy atom. The van der Waals surface area contributed by atoms with Crippen molar-refractivity contribution in [2.24, 2.45) is 0 Å². The van der Waals surface area contributed by atoms with Crippen LogP contribution in [0.3, 0.4) is 0 Å². The number of rotatable bonds is 9. The van der Waals surface area contributed by atoms with Gasteiger partial charge in [0.2, 0.25) is 6.29 Å². The van der Waals surface area contributed by atoms with Crippen LogP contribution in [0.1, 0.15) is 64.7 Å². The maximum atomic E-state index is 11.6. The Kier molecular flexibility index (Phi) is 9.93. The van der Waals surface area contributed by atoms with Gasteiger partial charge in [-0.2, -0.15) is 0 Å². The molecule has 0 saturated carbocycles. The highest BCUT2D eigenvalue weighted by Gasteiger charge is 2.17. The highest BCUT2D eigenvalue weighted by molar-refractivity contribution is 5.69. The lowest BCUT2D eigenvalue weighted by atomic mass is 10.1. The van der Waals surface area contributed by atoms with E-state index in [1.54, 1.807) is 0 Å². The maximum absolute atomic E-state index is 11.6. The molecule has 0 bridgehead atoms. The fraction of sp³-hybridized carbons (Fsp3) is 0.706. The van der Waals surface area contributed by atoms with Gasteiger partial charge in [0.05, 0.1) is 6.61 Å². The van der Waals surface area contributed by atoms with E-state index in [9.17, 15) is 4.79 Å². The van der Waals surface area contributed by atoms with Gasteiger partial charge in [0, 0.05) is 12.8 Å². The number of esters is 1. The first-order chi connectivity index (χ1) is 9.83. The normalized spacial score (nSPS) is 19.8. The van der Waals surface area contributed by atoms with Crippen LogP contribution in [0.5, 0.6) is 0 Å². The summed E-state index contributed by atoms with van der Waals surface area (Å²) in [6, 6.07) is 0. The number of carbonyl (C=O) groups is 1. The maximum Gasteiger partial charge on any atom is 0.308 e. The molecule has 1 heterocycles. The molecule has 1 saturated heterocycles. The summed E-state index contributed by atoms with van der Waals surface area (Å²) < 4.78 is 10.7. The van der Waals surface area contributed by atoms with E-state index in [-0.39, 0.29) is 12.3 Å². The van der Waals surface area contributed by atoms with E-state index < -0.39 is 0 Å². The summed E-state index contributed by atoms with van der Waals surface area (Å²) in [5.74, 6) is -0.107. The van der Waals surface area contributed by atoms with Crippen molar-refractivity contribution in [3.63, 3.8) is 0 Å². The third kappa shape index (κ3) is 8.92. The van der Waals surface area contributed by atoms with E-state index in [2.05, 4.69) is 12.2 Å². The molecule has 0 aromatic carbocycles. The second-order valence-corrected chi connectivity index (χ2v) is 5.19. The van der Waals surface area contributed by atoms with Gasteiger partial charge in [-0.25, -0.2) is 0 Å². The third-order valence-corrected chi connectivity index (χ3v) is 3.34. The van der Waals surface area contributed by atoms with Crippen LogP contribution >= 0.6 is 0 Å². The van der Waals surface area contributed by atoms with Crippen LogP contribution in [0.25, 0.3) is 0 Å². The zero-order valence-corrected chi connectivity index (χ0v) is 12.7. The molecule has 1 fully saturated rings. The predicted molar refractivity (Wildman–Crippen MR) is 81.3 cm³/mol. The highest BCUT2D eigenvalue weighted by atomic mass is 16.7. The second-order valence-electron chi connectivity index (χ2n) is 5.19. The summed E-state index contributed by atoms with van der Waals surface area (Å²) >= 11 is 0. The summed E-state index contributed by atoms with van der Waals surface area (Å²) in [4.78, 5) is 11.6. The topological polar surface area (TPSA) is 35.5 Å². The Balaban J connectivity index is 1.91. The molecular formula is C17H28O3. The molecule has 1 rings (SSSR count). The van der Waals surface area contributed by atoms with Crippen LogP contribution in [-0.4, -0.2) is 18.9 Å². The number of hydrogen-bond acceptors (Lipinski definition) is 3. The Hall–Kier alpha value is -1.09. The lowest BCUT2D eigenvalue weighted by Crippen LogP contribution is -2.25. The van der Waals surface area contributed by atoms with Crippen LogP contribution in [0.4, 0.5) is 0 Å². The lowest BCUT2D eigenvalue weighted by molar-refractivity contribution is -0.186. The minimum absolute atomic E-state index is 0.107. The summed E-state index contributed by atoms with van der Waals surface area (Å²) in [6.07, 6.45) is 17.1. The zero-order valence-electron chi connectivity index (χ0n) is 12.7. The van der Waals surface area contributed by atoms with Gasteiger partial charge in [0.25, 0.3) is 0 Å². The molecule has 0 spiro atoms. The molecule has 3 nitrogen and oxygen atoms in total.